The molecular formula is C25H27F3N2O2S. The number of nitrogens with zero attached hydrogens (tertiary/aromatic N) is 2. The maximum atomic E-state index is 13.2. The molecule has 0 radical (unpaired) electrons. The van der Waals surface area contributed by atoms with Gasteiger partial charge in [0.1, 0.15) is 0 Å². The third-order valence-corrected chi connectivity index (χ3v) is 7.31. The molecule has 0 aliphatic carbocycles. The van der Waals surface area contributed by atoms with Crippen molar-refractivity contribution in [3.63, 3.8) is 0 Å². The second-order valence-corrected chi connectivity index (χ2v) is 9.92. The topological polar surface area (TPSA) is 40.6 Å². The maximum absolute atomic E-state index is 13.2. The normalized spacial score (nSPS) is 21.7. The smallest absolute Gasteiger partial charge is 0.324 e. The van der Waals surface area contributed by atoms with E-state index in [2.05, 4.69) is 0 Å². The van der Waals surface area contributed by atoms with Crippen LogP contribution in [0.5, 0.6) is 0 Å². The van der Waals surface area contributed by atoms with Crippen LogP contribution < -0.4 is 0 Å². The molecule has 4 nitrogen and oxygen atoms in total. The van der Waals surface area contributed by atoms with Crippen LogP contribution in [-0.4, -0.2) is 59.3 Å². The fourth-order valence-electron chi connectivity index (χ4n) is 4.65. The number of hydrogen-bond donors (Lipinski definition) is 0. The van der Waals surface area contributed by atoms with E-state index in [9.17, 15) is 22.8 Å². The molecule has 2 aliphatic rings. The zero-order valence-corrected chi connectivity index (χ0v) is 19.1. The number of hydrogen-bond acceptors (Lipinski definition) is 3. The lowest BCUT2D eigenvalue weighted by Crippen LogP contribution is -2.51. The van der Waals surface area contributed by atoms with Gasteiger partial charge >= 0.3 is 12.2 Å². The Hall–Kier alpha value is -2.48. The number of urea groups is 1. The Morgan fingerprint density at radius 2 is 1.58 bits per heavy atom. The van der Waals surface area contributed by atoms with Gasteiger partial charge in [-0.15, -0.1) is 0 Å². The van der Waals surface area contributed by atoms with Crippen LogP contribution in [0.3, 0.4) is 0 Å². The Labute approximate surface area is 196 Å². The van der Waals surface area contributed by atoms with Crippen molar-refractivity contribution < 1.29 is 22.8 Å². The number of rotatable bonds is 4. The fourth-order valence-corrected chi connectivity index (χ4v) is 5.56. The highest BCUT2D eigenvalue weighted by Crippen LogP contribution is 2.35. The van der Waals surface area contributed by atoms with Crippen molar-refractivity contribution in [2.45, 2.75) is 24.9 Å². The number of Topliss-reactive ketones (excluding diaryl/α,β-unsaturated/α-hetero) is 1. The zero-order valence-electron chi connectivity index (χ0n) is 18.3. The van der Waals surface area contributed by atoms with Gasteiger partial charge in [-0.25, -0.2) is 4.79 Å². The van der Waals surface area contributed by atoms with E-state index in [4.69, 9.17) is 0 Å². The van der Waals surface area contributed by atoms with Crippen molar-refractivity contribution >= 4 is 23.6 Å². The number of thioether (sulfide) groups is 1. The lowest BCUT2D eigenvalue weighted by Gasteiger charge is -2.41. The Morgan fingerprint density at radius 1 is 0.909 bits per heavy atom. The Morgan fingerprint density at radius 3 is 2.21 bits per heavy atom. The van der Waals surface area contributed by atoms with Crippen molar-refractivity contribution in [3.8, 4) is 0 Å². The number of benzene rings is 2. The van der Waals surface area contributed by atoms with Crippen LogP contribution in [-0.2, 0) is 6.18 Å². The van der Waals surface area contributed by atoms with Gasteiger partial charge in [0.05, 0.1) is 5.56 Å². The molecule has 2 saturated heterocycles. The van der Waals surface area contributed by atoms with Crippen LogP contribution in [0.15, 0.2) is 54.6 Å². The predicted molar refractivity (Wildman–Crippen MR) is 124 cm³/mol. The van der Waals surface area contributed by atoms with Gasteiger partial charge in [-0.05, 0) is 30.0 Å². The van der Waals surface area contributed by atoms with Gasteiger partial charge in [-0.3, -0.25) is 4.79 Å². The van der Waals surface area contributed by atoms with E-state index in [0.29, 0.717) is 44.6 Å². The summed E-state index contributed by atoms with van der Waals surface area (Å²) in [7, 11) is 0. The quantitative estimate of drug-likeness (QED) is 0.543. The monoisotopic (exact) mass is 476 g/mol. The first-order valence-electron chi connectivity index (χ1n) is 11.2. The van der Waals surface area contributed by atoms with Gasteiger partial charge in [-0.2, -0.15) is 24.9 Å². The molecule has 2 aromatic carbocycles. The fraction of sp³-hybridized carbons (Fsp3) is 0.440. The van der Waals surface area contributed by atoms with E-state index in [0.717, 1.165) is 29.2 Å². The average molecular weight is 477 g/mol. The highest BCUT2D eigenvalue weighted by Gasteiger charge is 2.35. The van der Waals surface area contributed by atoms with Gasteiger partial charge in [0.15, 0.2) is 5.78 Å². The van der Waals surface area contributed by atoms with E-state index >= 15 is 0 Å². The molecule has 2 heterocycles. The molecule has 4 rings (SSSR count). The zero-order chi connectivity index (χ0) is 23.4. The number of carbonyl (C=O) groups is 2. The van der Waals surface area contributed by atoms with Crippen molar-refractivity contribution in [1.82, 2.24) is 9.80 Å². The van der Waals surface area contributed by atoms with Gasteiger partial charge in [0.25, 0.3) is 0 Å². The van der Waals surface area contributed by atoms with Gasteiger partial charge in [-0.1, -0.05) is 42.5 Å². The summed E-state index contributed by atoms with van der Waals surface area (Å²) >= 11 is 1.82. The largest absolute Gasteiger partial charge is 0.416 e. The van der Waals surface area contributed by atoms with Crippen LogP contribution in [0.25, 0.3) is 0 Å². The van der Waals surface area contributed by atoms with Gasteiger partial charge in [0, 0.05) is 55.6 Å². The van der Waals surface area contributed by atoms with Gasteiger partial charge in [0.2, 0.25) is 0 Å². The van der Waals surface area contributed by atoms with E-state index in [1.165, 1.54) is 12.1 Å². The molecule has 0 saturated carbocycles. The van der Waals surface area contributed by atoms with E-state index in [1.807, 2.05) is 34.9 Å². The molecule has 2 aromatic rings. The molecule has 2 amide bonds. The summed E-state index contributed by atoms with van der Waals surface area (Å²) in [5.41, 5.74) is 0.726. The molecule has 2 aliphatic heterocycles. The summed E-state index contributed by atoms with van der Waals surface area (Å²) in [5.74, 6) is 1.66. The van der Waals surface area contributed by atoms with Crippen molar-refractivity contribution in [2.24, 2.45) is 5.92 Å². The average Bonchev–Trinajstić information content (AvgIpc) is 2.84. The third kappa shape index (κ3) is 5.91. The number of ketones is 1. The molecule has 0 aromatic heterocycles. The number of carbonyl (C=O) groups excluding carboxylic acids is 2. The number of amides is 2. The second kappa shape index (κ2) is 10.2. The minimum absolute atomic E-state index is 0.0236. The molecule has 2 atom stereocenters. The van der Waals surface area contributed by atoms with Crippen LogP contribution in [0.1, 0.15) is 40.2 Å². The van der Waals surface area contributed by atoms with E-state index in [1.54, 1.807) is 17.0 Å². The predicted octanol–water partition coefficient (Wildman–Crippen LogP) is 5.55. The molecule has 33 heavy (non-hydrogen) atoms. The number of alkyl halides is 3. The van der Waals surface area contributed by atoms with E-state index in [-0.39, 0.29) is 23.7 Å². The molecule has 2 fully saturated rings. The Kier molecular flexibility index (Phi) is 7.32. The minimum Gasteiger partial charge on any atom is -0.324 e. The van der Waals surface area contributed by atoms with Crippen molar-refractivity contribution in [2.75, 3.05) is 37.7 Å². The molecule has 8 heteroatoms. The summed E-state index contributed by atoms with van der Waals surface area (Å²) in [5, 5.41) is 0. The standard InChI is InChI=1S/C25H27F3N2O2S/c26-25(27,28)22-8-6-19(7-9-22)21-14-18(15-23(31)20-4-2-1-3-5-20)16-30(17-21)24(32)29-10-12-33-13-11-29/h1-9,18,21H,10-17H2. The first-order chi connectivity index (χ1) is 15.8. The summed E-state index contributed by atoms with van der Waals surface area (Å²) < 4.78 is 39.0. The lowest BCUT2D eigenvalue weighted by atomic mass is 9.81. The molecule has 0 N–H and O–H groups in total. The lowest BCUT2D eigenvalue weighted by molar-refractivity contribution is -0.137. The van der Waals surface area contributed by atoms with Crippen molar-refractivity contribution in [1.29, 1.82) is 0 Å². The highest BCUT2D eigenvalue weighted by molar-refractivity contribution is 7.99. The molecule has 2 unspecified atom stereocenters. The number of halogens is 3. The van der Waals surface area contributed by atoms with Crippen LogP contribution in [0.4, 0.5) is 18.0 Å². The first kappa shape index (κ1) is 23.7. The Bertz CT molecular complexity index is 960. The highest BCUT2D eigenvalue weighted by atomic mass is 32.2. The minimum atomic E-state index is -4.38. The van der Waals surface area contributed by atoms with Crippen LogP contribution in [0.2, 0.25) is 0 Å². The maximum Gasteiger partial charge on any atom is 0.416 e. The van der Waals surface area contributed by atoms with Crippen LogP contribution >= 0.6 is 11.8 Å². The second-order valence-electron chi connectivity index (χ2n) is 8.70. The molecule has 0 spiro atoms. The number of piperidine rings is 1. The summed E-state index contributed by atoms with van der Waals surface area (Å²) in [6, 6.07) is 14.2. The molecular weight excluding hydrogens is 449 g/mol. The first-order valence-corrected chi connectivity index (χ1v) is 12.3. The van der Waals surface area contributed by atoms with E-state index < -0.39 is 11.7 Å². The molecule has 0 bridgehead atoms. The summed E-state index contributed by atoms with van der Waals surface area (Å²) in [4.78, 5) is 29.7. The summed E-state index contributed by atoms with van der Waals surface area (Å²) in [6.45, 7) is 2.32. The molecule has 176 valence electrons. The number of likely N-dealkylation sites (tertiary alicyclic amines) is 1. The van der Waals surface area contributed by atoms with Crippen LogP contribution in [0, 0.1) is 5.92 Å². The SMILES string of the molecule is O=C(CC1CC(c2ccc(C(F)(F)F)cc2)CN(C(=O)N2CCSCC2)C1)c1ccccc1. The Balaban J connectivity index is 1.53. The van der Waals surface area contributed by atoms with Crippen molar-refractivity contribution in [3.05, 3.63) is 71.3 Å². The summed E-state index contributed by atoms with van der Waals surface area (Å²) in [6.07, 6.45) is -3.42. The third-order valence-electron chi connectivity index (χ3n) is 6.37. The van der Waals surface area contributed by atoms with Gasteiger partial charge < -0.3 is 9.80 Å².